The van der Waals surface area contributed by atoms with Gasteiger partial charge >= 0.3 is 4.87 Å². The minimum atomic E-state index is -3.69. The van der Waals surface area contributed by atoms with Crippen LogP contribution in [0.1, 0.15) is 12.8 Å². The Labute approximate surface area is 181 Å². The molecular formula is C19H20N4O6S2. The normalized spacial score (nSPS) is 11.4. The van der Waals surface area contributed by atoms with E-state index in [0.717, 1.165) is 32.1 Å². The number of anilines is 2. The van der Waals surface area contributed by atoms with Crippen LogP contribution in [0.5, 0.6) is 0 Å². The van der Waals surface area contributed by atoms with Gasteiger partial charge in [0.1, 0.15) is 0 Å². The number of aromatic nitrogens is 1. The molecule has 1 N–H and O–H groups in total. The van der Waals surface area contributed by atoms with Crippen molar-refractivity contribution in [2.24, 2.45) is 7.05 Å². The number of carbonyl (C=O) groups is 1. The van der Waals surface area contributed by atoms with Crippen molar-refractivity contribution >= 4 is 54.5 Å². The summed E-state index contributed by atoms with van der Waals surface area (Å²) in [5.74, 6) is -0.310. The van der Waals surface area contributed by atoms with Crippen LogP contribution in [0.15, 0.2) is 47.3 Å². The third kappa shape index (κ3) is 5.27. The minimum Gasteiger partial charge on any atom is -0.326 e. The number of fused-ring (bicyclic) bond motifs is 1. The number of nitro groups is 1. The molecule has 0 fully saturated rings. The average Bonchev–Trinajstić information content (AvgIpc) is 2.97. The highest BCUT2D eigenvalue weighted by Gasteiger charge is 2.20. The van der Waals surface area contributed by atoms with Crippen LogP contribution in [0.3, 0.4) is 0 Å². The SMILES string of the molecule is Cn1c(=O)sc2cc(NC(=O)CCCN(c3cccc([N+](=O)[O-])c3)S(C)(=O)=O)ccc21. The van der Waals surface area contributed by atoms with Crippen LogP contribution >= 0.6 is 11.3 Å². The molecule has 0 aliphatic heterocycles. The molecule has 10 nitrogen and oxygen atoms in total. The summed E-state index contributed by atoms with van der Waals surface area (Å²) in [6.45, 7) is -0.00719. The maximum absolute atomic E-state index is 12.3. The van der Waals surface area contributed by atoms with Gasteiger partial charge in [-0.3, -0.25) is 24.0 Å². The lowest BCUT2D eigenvalue weighted by Gasteiger charge is -2.22. The third-order valence-electron chi connectivity index (χ3n) is 4.57. The number of rotatable bonds is 8. The predicted octanol–water partition coefficient (Wildman–Crippen LogP) is 2.69. The Morgan fingerprint density at radius 1 is 1.26 bits per heavy atom. The van der Waals surface area contributed by atoms with Gasteiger partial charge in [0.05, 0.1) is 27.1 Å². The Morgan fingerprint density at radius 3 is 2.68 bits per heavy atom. The van der Waals surface area contributed by atoms with Crippen molar-refractivity contribution < 1.29 is 18.1 Å². The Hall–Kier alpha value is -3.25. The van der Waals surface area contributed by atoms with E-state index in [1.54, 1.807) is 25.2 Å². The number of carbonyl (C=O) groups excluding carboxylic acids is 1. The Kier molecular flexibility index (Phi) is 6.41. The molecule has 164 valence electrons. The number of nitro benzene ring substituents is 1. The molecule has 0 saturated heterocycles. The van der Waals surface area contributed by atoms with E-state index in [1.807, 2.05) is 0 Å². The summed E-state index contributed by atoms with van der Waals surface area (Å²) in [5, 5.41) is 13.7. The summed E-state index contributed by atoms with van der Waals surface area (Å²) in [6, 6.07) is 10.5. The van der Waals surface area contributed by atoms with Gasteiger partial charge in [-0.25, -0.2) is 8.42 Å². The van der Waals surface area contributed by atoms with Crippen molar-refractivity contribution in [2.45, 2.75) is 12.8 Å². The molecule has 3 rings (SSSR count). The van der Waals surface area contributed by atoms with E-state index in [1.165, 1.54) is 28.8 Å². The number of aryl methyl sites for hydroxylation is 1. The van der Waals surface area contributed by atoms with E-state index >= 15 is 0 Å². The van der Waals surface area contributed by atoms with Gasteiger partial charge in [-0.2, -0.15) is 0 Å². The lowest BCUT2D eigenvalue weighted by atomic mass is 10.2. The number of nitrogens with zero attached hydrogens (tertiary/aromatic N) is 3. The highest BCUT2D eigenvalue weighted by atomic mass is 32.2. The number of hydrogen-bond donors (Lipinski definition) is 1. The fraction of sp³-hybridized carbons (Fsp3) is 0.263. The summed E-state index contributed by atoms with van der Waals surface area (Å²) in [4.78, 5) is 34.3. The summed E-state index contributed by atoms with van der Waals surface area (Å²) < 4.78 is 27.6. The number of hydrogen-bond acceptors (Lipinski definition) is 7. The van der Waals surface area contributed by atoms with Crippen molar-refractivity contribution in [2.75, 3.05) is 22.4 Å². The molecule has 3 aromatic rings. The van der Waals surface area contributed by atoms with E-state index in [0.29, 0.717) is 5.69 Å². The van der Waals surface area contributed by atoms with Gasteiger partial charge in [-0.15, -0.1) is 0 Å². The van der Waals surface area contributed by atoms with E-state index in [9.17, 15) is 28.1 Å². The first-order valence-electron chi connectivity index (χ1n) is 9.18. The summed E-state index contributed by atoms with van der Waals surface area (Å²) in [7, 11) is -2.02. The number of amides is 1. The fourth-order valence-electron chi connectivity index (χ4n) is 3.07. The molecule has 0 bridgehead atoms. The predicted molar refractivity (Wildman–Crippen MR) is 120 cm³/mol. The van der Waals surface area contributed by atoms with Gasteiger partial charge in [0, 0.05) is 37.8 Å². The minimum absolute atomic E-state index is 0.00719. The van der Waals surface area contributed by atoms with Crippen molar-refractivity contribution in [1.29, 1.82) is 0 Å². The Balaban J connectivity index is 1.65. The quantitative estimate of drug-likeness (QED) is 0.403. The standard InChI is InChI=1S/C19H20N4O6S2/c1-21-16-9-8-13(11-17(16)30-19(21)25)20-18(24)7-4-10-22(31(2,28)29)14-5-3-6-15(12-14)23(26)27/h3,5-6,8-9,11-12H,4,7,10H2,1-2H3,(H,20,24). The van der Waals surface area contributed by atoms with Crippen molar-refractivity contribution in [1.82, 2.24) is 4.57 Å². The second-order valence-corrected chi connectivity index (χ2v) is 9.77. The van der Waals surface area contributed by atoms with Crippen LogP contribution < -0.4 is 14.5 Å². The second-order valence-electron chi connectivity index (χ2n) is 6.87. The molecule has 0 atom stereocenters. The second kappa shape index (κ2) is 8.86. The van der Waals surface area contributed by atoms with Crippen molar-refractivity contribution in [3.63, 3.8) is 0 Å². The number of nitrogens with one attached hydrogen (secondary N) is 1. The zero-order valence-electron chi connectivity index (χ0n) is 16.8. The largest absolute Gasteiger partial charge is 0.326 e. The first kappa shape index (κ1) is 22.4. The maximum Gasteiger partial charge on any atom is 0.307 e. The number of thiazole rings is 1. The van der Waals surface area contributed by atoms with Gasteiger partial charge in [0.15, 0.2) is 0 Å². The molecule has 31 heavy (non-hydrogen) atoms. The van der Waals surface area contributed by atoms with E-state index in [2.05, 4.69) is 5.32 Å². The van der Waals surface area contributed by atoms with Gasteiger partial charge in [0.2, 0.25) is 15.9 Å². The lowest BCUT2D eigenvalue weighted by Crippen LogP contribution is -2.31. The first-order valence-corrected chi connectivity index (χ1v) is 11.8. The molecule has 0 spiro atoms. The average molecular weight is 465 g/mol. The third-order valence-corrected chi connectivity index (χ3v) is 6.76. The molecule has 1 amide bonds. The van der Waals surface area contributed by atoms with E-state index in [-0.39, 0.29) is 41.5 Å². The van der Waals surface area contributed by atoms with Crippen LogP contribution in [-0.4, -0.2) is 36.6 Å². The lowest BCUT2D eigenvalue weighted by molar-refractivity contribution is -0.384. The number of sulfonamides is 1. The molecule has 0 aliphatic rings. The van der Waals surface area contributed by atoms with Crippen LogP contribution in [0, 0.1) is 10.1 Å². The molecule has 0 radical (unpaired) electrons. The van der Waals surface area contributed by atoms with Crippen LogP contribution in [0.25, 0.3) is 10.2 Å². The van der Waals surface area contributed by atoms with Crippen LogP contribution in [0.4, 0.5) is 17.1 Å². The topological polar surface area (TPSA) is 132 Å². The zero-order valence-corrected chi connectivity index (χ0v) is 18.4. The van der Waals surface area contributed by atoms with Gasteiger partial charge in [0.25, 0.3) is 5.69 Å². The maximum atomic E-state index is 12.3. The van der Waals surface area contributed by atoms with E-state index < -0.39 is 14.9 Å². The summed E-state index contributed by atoms with van der Waals surface area (Å²) in [6.07, 6.45) is 1.26. The Morgan fingerprint density at radius 2 is 2.00 bits per heavy atom. The molecule has 0 saturated carbocycles. The first-order chi connectivity index (χ1) is 14.6. The van der Waals surface area contributed by atoms with Crippen LogP contribution in [-0.2, 0) is 21.9 Å². The Bertz CT molecular complexity index is 1310. The molecule has 1 heterocycles. The smallest absolute Gasteiger partial charge is 0.307 e. The van der Waals surface area contributed by atoms with Crippen molar-refractivity contribution in [3.8, 4) is 0 Å². The zero-order chi connectivity index (χ0) is 22.8. The molecular weight excluding hydrogens is 444 g/mol. The van der Waals surface area contributed by atoms with Gasteiger partial charge < -0.3 is 9.88 Å². The van der Waals surface area contributed by atoms with Gasteiger partial charge in [-0.05, 0) is 30.7 Å². The summed E-state index contributed by atoms with van der Waals surface area (Å²) in [5.41, 5.74) is 1.26. The number of non-ortho nitro benzene ring substituents is 1. The molecule has 0 aliphatic carbocycles. The monoisotopic (exact) mass is 464 g/mol. The van der Waals surface area contributed by atoms with Crippen LogP contribution in [0.2, 0.25) is 0 Å². The highest BCUT2D eigenvalue weighted by Crippen LogP contribution is 2.24. The van der Waals surface area contributed by atoms with Crippen molar-refractivity contribution in [3.05, 3.63) is 62.2 Å². The summed E-state index contributed by atoms with van der Waals surface area (Å²) >= 11 is 1.08. The highest BCUT2D eigenvalue weighted by molar-refractivity contribution is 7.92. The molecule has 2 aromatic carbocycles. The van der Waals surface area contributed by atoms with Gasteiger partial charge in [-0.1, -0.05) is 17.4 Å². The molecule has 12 heteroatoms. The molecule has 1 aromatic heterocycles. The fourth-order valence-corrected chi connectivity index (χ4v) is 4.94. The number of benzene rings is 2. The molecule has 0 unspecified atom stereocenters. The van der Waals surface area contributed by atoms with E-state index in [4.69, 9.17) is 0 Å².